The van der Waals surface area contributed by atoms with Gasteiger partial charge in [-0.05, 0) is 17.7 Å². The van der Waals surface area contributed by atoms with Gasteiger partial charge in [0.1, 0.15) is 0 Å². The number of rotatable bonds is 7. The van der Waals surface area contributed by atoms with Crippen LogP contribution in [0.5, 0.6) is 0 Å². The summed E-state index contributed by atoms with van der Waals surface area (Å²) in [4.78, 5) is 17.5. The second-order valence-corrected chi connectivity index (χ2v) is 4.75. The number of carbonyl (C=O) groups is 1. The summed E-state index contributed by atoms with van der Waals surface area (Å²) in [6, 6.07) is 7.64. The summed E-state index contributed by atoms with van der Waals surface area (Å²) in [5.41, 5.74) is 2.01. The first-order valence-corrected chi connectivity index (χ1v) is 7.06. The zero-order valence-electron chi connectivity index (χ0n) is 12.4. The average Bonchev–Trinajstić information content (AvgIpc) is 3.07. The van der Waals surface area contributed by atoms with Gasteiger partial charge < -0.3 is 19.9 Å². The lowest BCUT2D eigenvalue weighted by atomic mass is 10.2. The maximum Gasteiger partial charge on any atom is 0.318 e. The molecule has 2 rings (SSSR count). The molecule has 22 heavy (non-hydrogen) atoms. The maximum atomic E-state index is 12.0. The van der Waals surface area contributed by atoms with Crippen molar-refractivity contribution in [3.05, 3.63) is 61.2 Å². The van der Waals surface area contributed by atoms with Crippen LogP contribution in [0.3, 0.4) is 0 Å². The number of hydrogen-bond acceptors (Lipinski definition) is 3. The van der Waals surface area contributed by atoms with Crippen molar-refractivity contribution in [2.45, 2.75) is 6.54 Å². The van der Waals surface area contributed by atoms with Crippen molar-refractivity contribution in [1.82, 2.24) is 19.8 Å². The molecule has 2 N–H and O–H groups in total. The summed E-state index contributed by atoms with van der Waals surface area (Å²) in [6.07, 6.45) is 6.97. The van der Waals surface area contributed by atoms with Crippen molar-refractivity contribution < 1.29 is 9.90 Å². The molecule has 0 bridgehead atoms. The van der Waals surface area contributed by atoms with E-state index in [4.69, 9.17) is 5.11 Å². The number of nitrogens with zero attached hydrogens (tertiary/aromatic N) is 3. The van der Waals surface area contributed by atoms with Gasteiger partial charge in [0.05, 0.1) is 12.9 Å². The van der Waals surface area contributed by atoms with Gasteiger partial charge in [-0.15, -0.1) is 6.58 Å². The predicted octanol–water partition coefficient (Wildman–Crippen LogP) is 1.56. The number of benzene rings is 1. The summed E-state index contributed by atoms with van der Waals surface area (Å²) in [5.74, 6) is 0. The molecule has 1 heterocycles. The number of amides is 2. The van der Waals surface area contributed by atoms with E-state index < -0.39 is 0 Å². The van der Waals surface area contributed by atoms with Crippen LogP contribution in [-0.2, 0) is 6.54 Å². The molecule has 0 fully saturated rings. The van der Waals surface area contributed by atoms with Crippen LogP contribution in [0.15, 0.2) is 55.6 Å². The molecule has 0 spiro atoms. The van der Waals surface area contributed by atoms with Crippen LogP contribution in [0.4, 0.5) is 4.79 Å². The molecule has 6 nitrogen and oxygen atoms in total. The highest BCUT2D eigenvalue weighted by atomic mass is 16.3. The number of imidazole rings is 1. The Morgan fingerprint density at radius 1 is 1.41 bits per heavy atom. The van der Waals surface area contributed by atoms with E-state index in [0.29, 0.717) is 13.1 Å². The number of hydrogen-bond donors (Lipinski definition) is 2. The largest absolute Gasteiger partial charge is 0.395 e. The number of nitrogens with one attached hydrogen (secondary N) is 1. The quantitative estimate of drug-likeness (QED) is 0.762. The first-order valence-electron chi connectivity index (χ1n) is 7.06. The van der Waals surface area contributed by atoms with E-state index in [1.165, 1.54) is 4.90 Å². The molecule has 0 unspecified atom stereocenters. The van der Waals surface area contributed by atoms with Crippen molar-refractivity contribution in [1.29, 1.82) is 0 Å². The van der Waals surface area contributed by atoms with Crippen LogP contribution in [0.2, 0.25) is 0 Å². The second-order valence-electron chi connectivity index (χ2n) is 4.75. The third-order valence-electron chi connectivity index (χ3n) is 3.19. The molecule has 2 aromatic rings. The Kier molecular flexibility index (Phi) is 5.73. The van der Waals surface area contributed by atoms with E-state index in [1.807, 2.05) is 35.0 Å². The summed E-state index contributed by atoms with van der Waals surface area (Å²) in [6.45, 7) is 4.67. The van der Waals surface area contributed by atoms with Crippen LogP contribution < -0.4 is 5.32 Å². The van der Waals surface area contributed by atoms with Crippen molar-refractivity contribution in [3.8, 4) is 5.69 Å². The normalized spacial score (nSPS) is 10.2. The highest BCUT2D eigenvalue weighted by Gasteiger charge is 2.10. The van der Waals surface area contributed by atoms with E-state index in [2.05, 4.69) is 16.9 Å². The SMILES string of the molecule is C=CCN(CCO)C(=O)NCc1ccc(-n2ccnc2)cc1. The third kappa shape index (κ3) is 4.20. The molecule has 116 valence electrons. The molecule has 1 aromatic carbocycles. The Morgan fingerprint density at radius 3 is 2.77 bits per heavy atom. The molecular weight excluding hydrogens is 280 g/mol. The average molecular weight is 300 g/mol. The van der Waals surface area contributed by atoms with Crippen molar-refractivity contribution >= 4 is 6.03 Å². The molecule has 0 radical (unpaired) electrons. The number of aromatic nitrogens is 2. The summed E-state index contributed by atoms with van der Waals surface area (Å²) in [7, 11) is 0. The van der Waals surface area contributed by atoms with E-state index in [9.17, 15) is 4.79 Å². The fourth-order valence-corrected chi connectivity index (χ4v) is 2.04. The monoisotopic (exact) mass is 300 g/mol. The van der Waals surface area contributed by atoms with Crippen LogP contribution >= 0.6 is 0 Å². The van der Waals surface area contributed by atoms with Crippen molar-refractivity contribution in [2.24, 2.45) is 0 Å². The fraction of sp³-hybridized carbons (Fsp3) is 0.250. The smallest absolute Gasteiger partial charge is 0.318 e. The van der Waals surface area contributed by atoms with E-state index in [1.54, 1.807) is 18.6 Å². The van der Waals surface area contributed by atoms with E-state index >= 15 is 0 Å². The molecule has 0 aliphatic carbocycles. The number of aliphatic hydroxyl groups excluding tert-OH is 1. The van der Waals surface area contributed by atoms with Crippen molar-refractivity contribution in [3.63, 3.8) is 0 Å². The Bertz CT molecular complexity index is 593. The van der Waals surface area contributed by atoms with Gasteiger partial charge in [0.25, 0.3) is 0 Å². The highest BCUT2D eigenvalue weighted by molar-refractivity contribution is 5.74. The van der Waals surface area contributed by atoms with Crippen LogP contribution in [0.25, 0.3) is 5.69 Å². The Balaban J connectivity index is 1.91. The summed E-state index contributed by atoms with van der Waals surface area (Å²) in [5, 5.41) is 11.8. The number of aliphatic hydroxyl groups is 1. The zero-order chi connectivity index (χ0) is 15.8. The topological polar surface area (TPSA) is 70.4 Å². The third-order valence-corrected chi connectivity index (χ3v) is 3.19. The van der Waals surface area contributed by atoms with Gasteiger partial charge in [-0.3, -0.25) is 0 Å². The molecule has 0 aliphatic heterocycles. The number of carbonyl (C=O) groups excluding carboxylic acids is 1. The minimum Gasteiger partial charge on any atom is -0.395 e. The standard InChI is InChI=1S/C16H20N4O2/c1-2-8-19(10-11-21)16(22)18-12-14-3-5-15(6-4-14)20-9-7-17-13-20/h2-7,9,13,21H,1,8,10-12H2,(H,18,22). The Morgan fingerprint density at radius 2 is 2.18 bits per heavy atom. The van der Waals surface area contributed by atoms with Crippen LogP contribution in [0, 0.1) is 0 Å². The molecule has 0 aliphatic rings. The first kappa shape index (κ1) is 15.8. The minimum atomic E-state index is -0.215. The molecular formula is C16H20N4O2. The zero-order valence-corrected chi connectivity index (χ0v) is 12.4. The fourth-order valence-electron chi connectivity index (χ4n) is 2.04. The van der Waals surface area contributed by atoms with Crippen LogP contribution in [0.1, 0.15) is 5.56 Å². The maximum absolute atomic E-state index is 12.0. The van der Waals surface area contributed by atoms with Gasteiger partial charge in [-0.2, -0.15) is 0 Å². The van der Waals surface area contributed by atoms with Gasteiger partial charge in [0, 0.05) is 37.7 Å². The molecule has 0 saturated carbocycles. The molecule has 0 atom stereocenters. The number of urea groups is 1. The Labute approximate surface area is 129 Å². The van der Waals surface area contributed by atoms with Crippen LogP contribution in [-0.4, -0.2) is 45.3 Å². The van der Waals surface area contributed by atoms with Gasteiger partial charge in [-0.25, -0.2) is 9.78 Å². The van der Waals surface area contributed by atoms with Gasteiger partial charge in [0.15, 0.2) is 0 Å². The molecule has 6 heteroatoms. The van der Waals surface area contributed by atoms with E-state index in [0.717, 1.165) is 11.3 Å². The van der Waals surface area contributed by atoms with Gasteiger partial charge in [0.2, 0.25) is 0 Å². The minimum absolute atomic E-state index is 0.0686. The molecule has 2 amide bonds. The molecule has 1 aromatic heterocycles. The lowest BCUT2D eigenvalue weighted by molar-refractivity contribution is 0.183. The lowest BCUT2D eigenvalue weighted by Crippen LogP contribution is -2.41. The Hall–Kier alpha value is -2.60. The van der Waals surface area contributed by atoms with Gasteiger partial charge in [-0.1, -0.05) is 18.2 Å². The summed E-state index contributed by atoms with van der Waals surface area (Å²) >= 11 is 0. The van der Waals surface area contributed by atoms with E-state index in [-0.39, 0.29) is 19.2 Å². The first-order chi connectivity index (χ1) is 10.7. The van der Waals surface area contributed by atoms with Gasteiger partial charge >= 0.3 is 6.03 Å². The summed E-state index contributed by atoms with van der Waals surface area (Å²) < 4.78 is 1.91. The predicted molar refractivity (Wildman–Crippen MR) is 84.7 cm³/mol. The molecule has 0 saturated heterocycles. The lowest BCUT2D eigenvalue weighted by Gasteiger charge is -2.20. The highest BCUT2D eigenvalue weighted by Crippen LogP contribution is 2.09. The second kappa shape index (κ2) is 7.99. The van der Waals surface area contributed by atoms with Crippen molar-refractivity contribution in [2.75, 3.05) is 19.7 Å².